The fourth-order valence-electron chi connectivity index (χ4n) is 1.09. The SMILES string of the molecule is Nc1ccc(Oc2ncc[nH]c2=O)cc1Cl. The molecule has 0 fully saturated rings. The van der Waals surface area contributed by atoms with E-state index in [0.29, 0.717) is 16.5 Å². The third kappa shape index (κ3) is 2.14. The summed E-state index contributed by atoms with van der Waals surface area (Å²) in [5.74, 6) is 0.367. The van der Waals surface area contributed by atoms with Gasteiger partial charge in [-0.05, 0) is 12.1 Å². The minimum Gasteiger partial charge on any atom is -0.435 e. The zero-order chi connectivity index (χ0) is 11.5. The number of nitrogens with two attached hydrogens (primary N) is 1. The molecule has 0 amide bonds. The Morgan fingerprint density at radius 1 is 1.44 bits per heavy atom. The van der Waals surface area contributed by atoms with E-state index in [-0.39, 0.29) is 5.88 Å². The summed E-state index contributed by atoms with van der Waals surface area (Å²) in [5.41, 5.74) is 5.58. The van der Waals surface area contributed by atoms with Crippen LogP contribution in [0.15, 0.2) is 35.4 Å². The molecule has 5 nitrogen and oxygen atoms in total. The highest BCUT2D eigenvalue weighted by molar-refractivity contribution is 6.33. The van der Waals surface area contributed by atoms with Crippen LogP contribution in [-0.4, -0.2) is 9.97 Å². The Morgan fingerprint density at radius 2 is 2.25 bits per heavy atom. The van der Waals surface area contributed by atoms with Gasteiger partial charge in [-0.1, -0.05) is 11.6 Å². The Kier molecular flexibility index (Phi) is 2.78. The molecule has 0 saturated heterocycles. The Balaban J connectivity index is 2.31. The van der Waals surface area contributed by atoms with Gasteiger partial charge in [0.05, 0.1) is 10.7 Å². The van der Waals surface area contributed by atoms with Crippen molar-refractivity contribution in [1.82, 2.24) is 9.97 Å². The standard InChI is InChI=1S/C10H8ClN3O2/c11-7-5-6(1-2-8(7)12)16-10-9(15)13-3-4-14-10/h1-5H,12H2,(H,13,15). The van der Waals surface area contributed by atoms with Crippen LogP contribution in [0.1, 0.15) is 0 Å². The van der Waals surface area contributed by atoms with Crippen molar-refractivity contribution in [2.24, 2.45) is 0 Å². The molecular weight excluding hydrogens is 230 g/mol. The van der Waals surface area contributed by atoms with Gasteiger partial charge >= 0.3 is 5.56 Å². The van der Waals surface area contributed by atoms with Gasteiger partial charge in [0.15, 0.2) is 0 Å². The summed E-state index contributed by atoms with van der Waals surface area (Å²) in [5, 5.41) is 0.366. The van der Waals surface area contributed by atoms with Gasteiger partial charge in [0, 0.05) is 18.5 Å². The van der Waals surface area contributed by atoms with Gasteiger partial charge in [-0.15, -0.1) is 0 Å². The predicted molar refractivity (Wildman–Crippen MR) is 60.8 cm³/mol. The molecule has 0 bridgehead atoms. The molecule has 16 heavy (non-hydrogen) atoms. The predicted octanol–water partition coefficient (Wildman–Crippen LogP) is 1.80. The van der Waals surface area contributed by atoms with Crippen LogP contribution in [0.4, 0.5) is 5.69 Å². The van der Waals surface area contributed by atoms with Gasteiger partial charge in [-0.2, -0.15) is 0 Å². The third-order valence-corrected chi connectivity index (χ3v) is 2.19. The van der Waals surface area contributed by atoms with Crippen molar-refractivity contribution in [3.05, 3.63) is 46.0 Å². The second-order valence-electron chi connectivity index (χ2n) is 3.01. The van der Waals surface area contributed by atoms with Crippen molar-refractivity contribution in [1.29, 1.82) is 0 Å². The molecule has 82 valence electrons. The Hall–Kier alpha value is -2.01. The lowest BCUT2D eigenvalue weighted by molar-refractivity contribution is 0.454. The number of hydrogen-bond acceptors (Lipinski definition) is 4. The van der Waals surface area contributed by atoms with E-state index in [4.69, 9.17) is 22.1 Å². The maximum Gasteiger partial charge on any atom is 0.311 e. The van der Waals surface area contributed by atoms with Gasteiger partial charge in [0.2, 0.25) is 0 Å². The topological polar surface area (TPSA) is 81.0 Å². The van der Waals surface area contributed by atoms with Crippen LogP contribution >= 0.6 is 11.6 Å². The lowest BCUT2D eigenvalue weighted by Gasteiger charge is -2.04. The molecule has 3 N–H and O–H groups in total. The van der Waals surface area contributed by atoms with Crippen LogP contribution in [0, 0.1) is 0 Å². The Labute approximate surface area is 95.8 Å². The summed E-state index contributed by atoms with van der Waals surface area (Å²) < 4.78 is 5.25. The number of benzene rings is 1. The number of nitrogen functional groups attached to an aromatic ring is 1. The van der Waals surface area contributed by atoms with Crippen molar-refractivity contribution in [2.75, 3.05) is 5.73 Å². The van der Waals surface area contributed by atoms with Crippen molar-refractivity contribution in [2.45, 2.75) is 0 Å². The van der Waals surface area contributed by atoms with E-state index >= 15 is 0 Å². The maximum absolute atomic E-state index is 11.3. The van der Waals surface area contributed by atoms with Gasteiger partial charge in [0.25, 0.3) is 5.88 Å². The van der Waals surface area contributed by atoms with Gasteiger partial charge < -0.3 is 15.5 Å². The highest BCUT2D eigenvalue weighted by atomic mass is 35.5. The Morgan fingerprint density at radius 3 is 2.94 bits per heavy atom. The van der Waals surface area contributed by atoms with Gasteiger partial charge in [-0.25, -0.2) is 4.98 Å². The monoisotopic (exact) mass is 237 g/mol. The number of aromatic nitrogens is 2. The fraction of sp³-hybridized carbons (Fsp3) is 0. The summed E-state index contributed by atoms with van der Waals surface area (Å²) in [6.07, 6.45) is 2.85. The molecule has 0 atom stereocenters. The third-order valence-electron chi connectivity index (χ3n) is 1.86. The highest BCUT2D eigenvalue weighted by Gasteiger charge is 2.04. The minimum atomic E-state index is -0.407. The number of hydrogen-bond donors (Lipinski definition) is 2. The second-order valence-corrected chi connectivity index (χ2v) is 3.42. The van der Waals surface area contributed by atoms with Gasteiger partial charge in [0.1, 0.15) is 5.75 Å². The molecule has 1 aromatic carbocycles. The summed E-state index contributed by atoms with van der Waals surface area (Å²) in [7, 11) is 0. The average Bonchev–Trinajstić information content (AvgIpc) is 2.27. The first-order valence-corrected chi connectivity index (χ1v) is 4.81. The largest absolute Gasteiger partial charge is 0.435 e. The molecule has 2 aromatic rings. The molecule has 0 aliphatic heterocycles. The minimum absolute atomic E-state index is 0.0386. The quantitative estimate of drug-likeness (QED) is 0.781. The normalized spacial score (nSPS) is 10.1. The Bertz CT molecular complexity index is 568. The fourth-order valence-corrected chi connectivity index (χ4v) is 1.26. The lowest BCUT2D eigenvalue weighted by Crippen LogP contribution is -2.09. The molecule has 0 unspecified atom stereocenters. The number of halogens is 1. The number of nitrogens with one attached hydrogen (secondary N) is 1. The van der Waals surface area contributed by atoms with Gasteiger partial charge in [-0.3, -0.25) is 4.79 Å². The van der Waals surface area contributed by atoms with E-state index in [1.54, 1.807) is 12.1 Å². The van der Waals surface area contributed by atoms with Crippen LogP contribution in [0.25, 0.3) is 0 Å². The summed E-state index contributed by atoms with van der Waals surface area (Å²) >= 11 is 5.81. The first-order valence-electron chi connectivity index (χ1n) is 4.43. The maximum atomic E-state index is 11.3. The molecule has 0 radical (unpaired) electrons. The average molecular weight is 238 g/mol. The molecule has 0 saturated carbocycles. The number of aromatic amines is 1. The zero-order valence-corrected chi connectivity index (χ0v) is 8.86. The van der Waals surface area contributed by atoms with E-state index < -0.39 is 5.56 Å². The van der Waals surface area contributed by atoms with E-state index in [9.17, 15) is 4.79 Å². The molecular formula is C10H8ClN3O2. The second kappa shape index (κ2) is 4.24. The van der Waals surface area contributed by atoms with E-state index in [1.165, 1.54) is 18.5 Å². The molecule has 1 aromatic heterocycles. The van der Waals surface area contributed by atoms with Crippen molar-refractivity contribution < 1.29 is 4.74 Å². The molecule has 0 aliphatic rings. The summed E-state index contributed by atoms with van der Waals surface area (Å²) in [6.45, 7) is 0. The van der Waals surface area contributed by atoms with E-state index in [0.717, 1.165) is 0 Å². The summed E-state index contributed by atoms with van der Waals surface area (Å²) in [6, 6.07) is 4.72. The number of H-pyrrole nitrogens is 1. The van der Waals surface area contributed by atoms with Crippen LogP contribution in [-0.2, 0) is 0 Å². The molecule has 0 spiro atoms. The number of anilines is 1. The van der Waals surface area contributed by atoms with E-state index in [2.05, 4.69) is 9.97 Å². The lowest BCUT2D eigenvalue weighted by atomic mass is 10.3. The smallest absolute Gasteiger partial charge is 0.311 e. The number of ether oxygens (including phenoxy) is 1. The van der Waals surface area contributed by atoms with Crippen molar-refractivity contribution in [3.8, 4) is 11.6 Å². The first-order chi connectivity index (χ1) is 7.66. The number of nitrogens with zero attached hydrogens (tertiary/aromatic N) is 1. The molecule has 1 heterocycles. The molecule has 2 rings (SSSR count). The van der Waals surface area contributed by atoms with Crippen molar-refractivity contribution in [3.63, 3.8) is 0 Å². The van der Waals surface area contributed by atoms with Crippen LogP contribution in [0.2, 0.25) is 5.02 Å². The number of rotatable bonds is 2. The molecule has 6 heteroatoms. The van der Waals surface area contributed by atoms with Crippen LogP contribution < -0.4 is 16.0 Å². The van der Waals surface area contributed by atoms with Crippen LogP contribution in [0.5, 0.6) is 11.6 Å². The zero-order valence-electron chi connectivity index (χ0n) is 8.11. The summed E-state index contributed by atoms with van der Waals surface area (Å²) in [4.78, 5) is 17.5. The molecule has 0 aliphatic carbocycles. The van der Waals surface area contributed by atoms with E-state index in [1.807, 2.05) is 0 Å². The van der Waals surface area contributed by atoms with Crippen LogP contribution in [0.3, 0.4) is 0 Å². The van der Waals surface area contributed by atoms with Crippen molar-refractivity contribution >= 4 is 17.3 Å². The first kappa shape index (κ1) is 10.5. The highest BCUT2D eigenvalue weighted by Crippen LogP contribution is 2.25.